The Hall–Kier alpha value is -2.60. The molecular weight excluding hydrogens is 294 g/mol. The quantitative estimate of drug-likeness (QED) is 0.560. The first-order valence-electron chi connectivity index (χ1n) is 6.01. The summed E-state index contributed by atoms with van der Waals surface area (Å²) in [7, 11) is 1.31. The third kappa shape index (κ3) is 2.00. The van der Waals surface area contributed by atoms with Crippen LogP contribution in [-0.2, 0) is 4.74 Å². The molecule has 2 heterocycles. The number of pyridine rings is 1. The van der Waals surface area contributed by atoms with E-state index in [1.807, 2.05) is 0 Å². The predicted octanol–water partition coefficient (Wildman–Crippen LogP) is 2.25. The summed E-state index contributed by atoms with van der Waals surface area (Å²) in [5.74, 6) is -1.06. The van der Waals surface area contributed by atoms with Gasteiger partial charge in [-0.05, 0) is 18.2 Å². The zero-order valence-electron chi connectivity index (χ0n) is 10.9. The Bertz CT molecular complexity index is 901. The maximum Gasteiger partial charge on any atom is 0.337 e. The van der Waals surface area contributed by atoms with E-state index in [0.717, 1.165) is 5.52 Å². The van der Waals surface area contributed by atoms with Gasteiger partial charge < -0.3 is 15.5 Å². The lowest BCUT2D eigenvalue weighted by atomic mass is 10.1. The van der Waals surface area contributed by atoms with Gasteiger partial charge in [-0.25, -0.2) is 9.78 Å². The number of hydrogen-bond donors (Lipinski definition) is 2. The normalized spacial score (nSPS) is 11.0. The Morgan fingerprint density at radius 2 is 2.14 bits per heavy atom. The fraction of sp³-hybridized carbons (Fsp3) is 0.0714. The number of H-pyrrole nitrogens is 1. The fourth-order valence-corrected chi connectivity index (χ4v) is 2.54. The molecule has 3 N–H and O–H groups in total. The molecule has 0 fully saturated rings. The van der Waals surface area contributed by atoms with Gasteiger partial charge in [-0.15, -0.1) is 0 Å². The van der Waals surface area contributed by atoms with Gasteiger partial charge in [0.05, 0.1) is 23.8 Å². The molecule has 0 unspecified atom stereocenters. The van der Waals surface area contributed by atoms with Crippen molar-refractivity contribution in [1.82, 2.24) is 9.97 Å². The Balaban J connectivity index is 2.42. The van der Waals surface area contributed by atoms with Gasteiger partial charge in [0.25, 0.3) is 5.91 Å². The average molecular weight is 304 g/mol. The smallest absolute Gasteiger partial charge is 0.337 e. The highest BCUT2D eigenvalue weighted by Crippen LogP contribution is 2.32. The number of carbonyl (C=O) groups is 2. The summed E-state index contributed by atoms with van der Waals surface area (Å²) >= 11 is 6.12. The first kappa shape index (κ1) is 13.4. The number of primary amides is 1. The van der Waals surface area contributed by atoms with Crippen molar-refractivity contribution in [3.05, 3.63) is 40.7 Å². The van der Waals surface area contributed by atoms with Gasteiger partial charge >= 0.3 is 5.97 Å². The molecule has 0 bridgehead atoms. The molecule has 0 aliphatic heterocycles. The number of nitrogens with zero attached hydrogens (tertiary/aromatic N) is 1. The molecule has 0 spiro atoms. The number of benzene rings is 1. The number of hydrogen-bond acceptors (Lipinski definition) is 4. The number of aromatic amines is 1. The highest BCUT2D eigenvalue weighted by atomic mass is 35.5. The number of aromatic nitrogens is 2. The first-order chi connectivity index (χ1) is 10.0. The van der Waals surface area contributed by atoms with Crippen LogP contribution in [0.2, 0.25) is 5.15 Å². The Labute approximate surface area is 123 Å². The van der Waals surface area contributed by atoms with E-state index < -0.39 is 11.9 Å². The molecule has 0 aliphatic carbocycles. The van der Waals surface area contributed by atoms with Gasteiger partial charge in [0.1, 0.15) is 5.15 Å². The van der Waals surface area contributed by atoms with Crippen LogP contribution in [0.3, 0.4) is 0 Å². The molecule has 6 nitrogen and oxygen atoms in total. The van der Waals surface area contributed by atoms with E-state index in [2.05, 4.69) is 9.97 Å². The van der Waals surface area contributed by atoms with E-state index in [1.165, 1.54) is 13.3 Å². The summed E-state index contributed by atoms with van der Waals surface area (Å²) in [4.78, 5) is 30.1. The number of amides is 1. The molecule has 2 aromatic heterocycles. The summed E-state index contributed by atoms with van der Waals surface area (Å²) in [6.07, 6.45) is 1.32. The first-order valence-corrected chi connectivity index (χ1v) is 6.38. The van der Waals surface area contributed by atoms with Crippen molar-refractivity contribution in [2.75, 3.05) is 7.11 Å². The number of carbonyl (C=O) groups excluding carboxylic acids is 2. The Morgan fingerprint density at radius 3 is 2.81 bits per heavy atom. The third-order valence-corrected chi connectivity index (χ3v) is 3.55. The van der Waals surface area contributed by atoms with E-state index >= 15 is 0 Å². The molecule has 0 atom stereocenters. The van der Waals surface area contributed by atoms with Crippen molar-refractivity contribution >= 4 is 45.3 Å². The van der Waals surface area contributed by atoms with Gasteiger partial charge in [-0.3, -0.25) is 4.79 Å². The standard InChI is InChI=1S/C14H10ClN3O3/c1-21-14(20)6-2-3-9-7(4-6)10-11(18-9)8(13(16)19)5-17-12(10)15/h2-5,18H,1H3,(H2,16,19). The zero-order valence-corrected chi connectivity index (χ0v) is 11.7. The van der Waals surface area contributed by atoms with Gasteiger partial charge in [0.2, 0.25) is 0 Å². The minimum absolute atomic E-state index is 0.225. The molecule has 0 aliphatic rings. The van der Waals surface area contributed by atoms with Crippen molar-refractivity contribution in [3.63, 3.8) is 0 Å². The van der Waals surface area contributed by atoms with E-state index in [1.54, 1.807) is 18.2 Å². The van der Waals surface area contributed by atoms with E-state index in [9.17, 15) is 9.59 Å². The lowest BCUT2D eigenvalue weighted by molar-refractivity contribution is 0.0601. The molecule has 3 rings (SSSR count). The van der Waals surface area contributed by atoms with Crippen LogP contribution in [0.4, 0.5) is 0 Å². The number of halogens is 1. The van der Waals surface area contributed by atoms with Crippen molar-refractivity contribution in [2.45, 2.75) is 0 Å². The van der Waals surface area contributed by atoms with Crippen LogP contribution in [0, 0.1) is 0 Å². The molecule has 0 saturated carbocycles. The van der Waals surface area contributed by atoms with E-state index in [0.29, 0.717) is 21.9 Å². The van der Waals surface area contributed by atoms with E-state index in [4.69, 9.17) is 22.1 Å². The van der Waals surface area contributed by atoms with Crippen LogP contribution >= 0.6 is 11.6 Å². The molecule has 1 aromatic carbocycles. The summed E-state index contributed by atoms with van der Waals surface area (Å²) in [5, 5.41) is 1.45. The SMILES string of the molecule is COC(=O)c1ccc2[nH]c3c(C(N)=O)cnc(Cl)c3c2c1. The van der Waals surface area contributed by atoms with Gasteiger partial charge in [-0.1, -0.05) is 11.6 Å². The Morgan fingerprint density at radius 1 is 1.38 bits per heavy atom. The summed E-state index contributed by atoms with van der Waals surface area (Å²) in [6, 6.07) is 4.97. The van der Waals surface area contributed by atoms with Gasteiger partial charge in [0.15, 0.2) is 0 Å². The largest absolute Gasteiger partial charge is 0.465 e. The fourth-order valence-electron chi connectivity index (χ4n) is 2.29. The third-order valence-electron chi connectivity index (χ3n) is 3.27. The molecule has 0 saturated heterocycles. The predicted molar refractivity (Wildman–Crippen MR) is 78.5 cm³/mol. The monoisotopic (exact) mass is 303 g/mol. The molecular formula is C14H10ClN3O3. The number of nitrogens with one attached hydrogen (secondary N) is 1. The summed E-state index contributed by atoms with van der Waals surface area (Å²) in [5.41, 5.74) is 7.17. The summed E-state index contributed by atoms with van der Waals surface area (Å²) in [6.45, 7) is 0. The van der Waals surface area contributed by atoms with Crippen LogP contribution < -0.4 is 5.73 Å². The topological polar surface area (TPSA) is 98.1 Å². The lowest BCUT2D eigenvalue weighted by Gasteiger charge is -2.00. The minimum atomic E-state index is -0.607. The van der Waals surface area contributed by atoms with Crippen molar-refractivity contribution in [1.29, 1.82) is 0 Å². The van der Waals surface area contributed by atoms with Crippen LogP contribution in [0.1, 0.15) is 20.7 Å². The molecule has 21 heavy (non-hydrogen) atoms. The maximum atomic E-state index is 11.6. The number of rotatable bonds is 2. The second-order valence-corrected chi connectivity index (χ2v) is 4.81. The van der Waals surface area contributed by atoms with Crippen LogP contribution in [0.15, 0.2) is 24.4 Å². The summed E-state index contributed by atoms with van der Waals surface area (Å²) < 4.78 is 4.69. The molecule has 106 valence electrons. The van der Waals surface area contributed by atoms with E-state index in [-0.39, 0.29) is 10.7 Å². The van der Waals surface area contributed by atoms with Crippen LogP contribution in [0.5, 0.6) is 0 Å². The molecule has 0 radical (unpaired) electrons. The molecule has 1 amide bonds. The number of esters is 1. The molecule has 3 aromatic rings. The second-order valence-electron chi connectivity index (χ2n) is 4.45. The number of methoxy groups -OCH3 is 1. The minimum Gasteiger partial charge on any atom is -0.465 e. The number of fused-ring (bicyclic) bond motifs is 3. The highest BCUT2D eigenvalue weighted by molar-refractivity contribution is 6.37. The maximum absolute atomic E-state index is 11.6. The zero-order chi connectivity index (χ0) is 15.1. The number of nitrogens with two attached hydrogens (primary N) is 1. The highest BCUT2D eigenvalue weighted by Gasteiger charge is 2.17. The second kappa shape index (κ2) is 4.75. The Kier molecular flexibility index (Phi) is 3.03. The van der Waals surface area contributed by atoms with Gasteiger partial charge in [0, 0.05) is 22.5 Å². The van der Waals surface area contributed by atoms with Gasteiger partial charge in [-0.2, -0.15) is 0 Å². The lowest BCUT2D eigenvalue weighted by Crippen LogP contribution is -2.11. The average Bonchev–Trinajstić information content (AvgIpc) is 2.85. The number of ether oxygens (including phenoxy) is 1. The van der Waals surface area contributed by atoms with Crippen LogP contribution in [0.25, 0.3) is 21.8 Å². The van der Waals surface area contributed by atoms with Crippen molar-refractivity contribution in [3.8, 4) is 0 Å². The van der Waals surface area contributed by atoms with Crippen LogP contribution in [-0.4, -0.2) is 29.0 Å². The van der Waals surface area contributed by atoms with Crippen molar-refractivity contribution in [2.24, 2.45) is 5.73 Å². The van der Waals surface area contributed by atoms with Crippen molar-refractivity contribution < 1.29 is 14.3 Å². The molecule has 7 heteroatoms.